The summed E-state index contributed by atoms with van der Waals surface area (Å²) in [4.78, 5) is 27.8. The highest BCUT2D eigenvalue weighted by molar-refractivity contribution is 7.15. The summed E-state index contributed by atoms with van der Waals surface area (Å²) in [7, 11) is 0. The van der Waals surface area contributed by atoms with Gasteiger partial charge in [0.1, 0.15) is 11.6 Å². The average molecular weight is 378 g/mol. The largest absolute Gasteiger partial charge is 0.480 e. The number of aliphatic carboxylic acids is 1. The first-order valence-electron chi connectivity index (χ1n) is 7.12. The van der Waals surface area contributed by atoms with Crippen LogP contribution in [0.2, 0.25) is 5.02 Å². The number of carbonyl (C=O) groups excluding carboxylic acids is 1. The zero-order chi connectivity index (χ0) is 17.8. The SMILES string of the molecule is O=C(O)Cn1cc(C(=O)NCc2cnc(-c3ccc(Cl)cc3)s2)nn1. The Kier molecular flexibility index (Phi) is 5.05. The number of carboxylic acid groups (broad SMARTS) is 1. The van der Waals surface area contributed by atoms with Crippen molar-refractivity contribution in [3.63, 3.8) is 0 Å². The third-order valence-corrected chi connectivity index (χ3v) is 4.43. The molecule has 0 aliphatic heterocycles. The Morgan fingerprint density at radius 3 is 2.76 bits per heavy atom. The fourth-order valence-electron chi connectivity index (χ4n) is 1.99. The summed E-state index contributed by atoms with van der Waals surface area (Å²) in [6.45, 7) is -0.0601. The quantitative estimate of drug-likeness (QED) is 0.680. The monoisotopic (exact) mass is 377 g/mol. The summed E-state index contributed by atoms with van der Waals surface area (Å²) in [6.07, 6.45) is 2.98. The number of hydrogen-bond acceptors (Lipinski definition) is 6. The number of aromatic nitrogens is 4. The highest BCUT2D eigenvalue weighted by atomic mass is 35.5. The number of nitrogens with zero attached hydrogens (tertiary/aromatic N) is 4. The molecule has 2 aromatic heterocycles. The van der Waals surface area contributed by atoms with Gasteiger partial charge in [0.15, 0.2) is 5.69 Å². The van der Waals surface area contributed by atoms with Crippen LogP contribution in [0.3, 0.4) is 0 Å². The lowest BCUT2D eigenvalue weighted by molar-refractivity contribution is -0.137. The first-order valence-corrected chi connectivity index (χ1v) is 8.31. The number of thiazole rings is 1. The zero-order valence-electron chi connectivity index (χ0n) is 12.7. The van der Waals surface area contributed by atoms with Crippen molar-refractivity contribution in [2.75, 3.05) is 0 Å². The molecule has 25 heavy (non-hydrogen) atoms. The molecule has 8 nitrogen and oxygen atoms in total. The lowest BCUT2D eigenvalue weighted by atomic mass is 10.2. The van der Waals surface area contributed by atoms with Crippen LogP contribution in [0.25, 0.3) is 10.6 Å². The highest BCUT2D eigenvalue weighted by Crippen LogP contribution is 2.26. The number of hydrogen-bond donors (Lipinski definition) is 2. The van der Waals surface area contributed by atoms with Crippen molar-refractivity contribution in [1.82, 2.24) is 25.3 Å². The van der Waals surface area contributed by atoms with Crippen LogP contribution in [0.5, 0.6) is 0 Å². The fourth-order valence-corrected chi connectivity index (χ4v) is 2.97. The van der Waals surface area contributed by atoms with E-state index < -0.39 is 11.9 Å². The van der Waals surface area contributed by atoms with Crippen LogP contribution in [-0.2, 0) is 17.9 Å². The molecule has 128 valence electrons. The van der Waals surface area contributed by atoms with E-state index in [4.69, 9.17) is 16.7 Å². The van der Waals surface area contributed by atoms with Crippen molar-refractivity contribution in [2.24, 2.45) is 0 Å². The van der Waals surface area contributed by atoms with Crippen molar-refractivity contribution in [3.05, 3.63) is 52.3 Å². The Bertz CT molecular complexity index is 906. The van der Waals surface area contributed by atoms with Gasteiger partial charge >= 0.3 is 5.97 Å². The molecule has 0 atom stereocenters. The Hall–Kier alpha value is -2.78. The van der Waals surface area contributed by atoms with Gasteiger partial charge < -0.3 is 10.4 Å². The van der Waals surface area contributed by atoms with E-state index in [1.54, 1.807) is 18.3 Å². The molecule has 0 fully saturated rings. The maximum absolute atomic E-state index is 12.0. The van der Waals surface area contributed by atoms with Gasteiger partial charge in [-0.1, -0.05) is 28.9 Å². The molecule has 0 radical (unpaired) electrons. The van der Waals surface area contributed by atoms with Crippen LogP contribution in [0, 0.1) is 0 Å². The number of carbonyl (C=O) groups is 2. The lowest BCUT2D eigenvalue weighted by Gasteiger charge is -1.99. The van der Waals surface area contributed by atoms with Crippen molar-refractivity contribution >= 4 is 34.8 Å². The maximum Gasteiger partial charge on any atom is 0.325 e. The molecule has 0 saturated heterocycles. The topological polar surface area (TPSA) is 110 Å². The second-order valence-corrected chi connectivity index (χ2v) is 6.57. The molecule has 0 saturated carbocycles. The molecule has 10 heteroatoms. The molecule has 0 unspecified atom stereocenters. The van der Waals surface area contributed by atoms with E-state index in [1.807, 2.05) is 12.1 Å². The predicted molar refractivity (Wildman–Crippen MR) is 91.4 cm³/mol. The minimum Gasteiger partial charge on any atom is -0.480 e. The van der Waals surface area contributed by atoms with Gasteiger partial charge in [-0.25, -0.2) is 9.67 Å². The molecule has 1 aromatic carbocycles. The Morgan fingerprint density at radius 1 is 1.28 bits per heavy atom. The van der Waals surface area contributed by atoms with E-state index in [0.717, 1.165) is 20.1 Å². The first-order chi connectivity index (χ1) is 12.0. The molecule has 1 amide bonds. The van der Waals surface area contributed by atoms with Crippen LogP contribution in [0.15, 0.2) is 36.7 Å². The standard InChI is InChI=1S/C15H12ClN5O3S/c16-10-3-1-9(2-4-10)15-18-6-11(25-15)5-17-14(24)12-7-21(20-19-12)8-13(22)23/h1-4,6-7H,5,8H2,(H,17,24)(H,22,23). The van der Waals surface area contributed by atoms with Gasteiger partial charge in [0, 0.05) is 21.7 Å². The molecule has 2 N–H and O–H groups in total. The number of halogens is 1. The predicted octanol–water partition coefficient (Wildman–Crippen LogP) is 2.07. The average Bonchev–Trinajstić information content (AvgIpc) is 3.22. The van der Waals surface area contributed by atoms with Crippen molar-refractivity contribution in [2.45, 2.75) is 13.1 Å². The Morgan fingerprint density at radius 2 is 2.04 bits per heavy atom. The molecule has 0 bridgehead atoms. The van der Waals surface area contributed by atoms with Gasteiger partial charge in [0.25, 0.3) is 5.91 Å². The third-order valence-electron chi connectivity index (χ3n) is 3.14. The Balaban J connectivity index is 1.60. The van der Waals surface area contributed by atoms with E-state index in [-0.39, 0.29) is 18.8 Å². The van der Waals surface area contributed by atoms with Gasteiger partial charge in [-0.05, 0) is 12.1 Å². The van der Waals surface area contributed by atoms with Gasteiger partial charge in [0.2, 0.25) is 0 Å². The molecule has 0 spiro atoms. The lowest BCUT2D eigenvalue weighted by Crippen LogP contribution is -2.22. The van der Waals surface area contributed by atoms with E-state index in [2.05, 4.69) is 20.6 Å². The fraction of sp³-hybridized carbons (Fsp3) is 0.133. The van der Waals surface area contributed by atoms with E-state index in [9.17, 15) is 9.59 Å². The summed E-state index contributed by atoms with van der Waals surface area (Å²) < 4.78 is 1.09. The molecule has 3 rings (SSSR count). The van der Waals surface area contributed by atoms with E-state index >= 15 is 0 Å². The molecular formula is C15H12ClN5O3S. The number of nitrogens with one attached hydrogen (secondary N) is 1. The highest BCUT2D eigenvalue weighted by Gasteiger charge is 2.13. The molecule has 0 aliphatic carbocycles. The first kappa shape index (κ1) is 17.1. The van der Waals surface area contributed by atoms with Gasteiger partial charge in [-0.15, -0.1) is 16.4 Å². The van der Waals surface area contributed by atoms with Crippen molar-refractivity contribution in [1.29, 1.82) is 0 Å². The van der Waals surface area contributed by atoms with Gasteiger partial charge in [0.05, 0.1) is 12.7 Å². The number of carboxylic acids is 1. The van der Waals surface area contributed by atoms with Crippen LogP contribution in [0.1, 0.15) is 15.4 Å². The van der Waals surface area contributed by atoms with Crippen molar-refractivity contribution in [3.8, 4) is 10.6 Å². The number of benzene rings is 1. The van der Waals surface area contributed by atoms with Crippen LogP contribution in [0.4, 0.5) is 0 Å². The molecule has 3 aromatic rings. The smallest absolute Gasteiger partial charge is 0.325 e. The van der Waals surface area contributed by atoms with E-state index in [0.29, 0.717) is 5.02 Å². The zero-order valence-corrected chi connectivity index (χ0v) is 14.3. The normalized spacial score (nSPS) is 10.6. The number of rotatable bonds is 6. The molecule has 0 aliphatic rings. The van der Waals surface area contributed by atoms with Crippen molar-refractivity contribution < 1.29 is 14.7 Å². The summed E-state index contributed by atoms with van der Waals surface area (Å²) >= 11 is 7.32. The summed E-state index contributed by atoms with van der Waals surface area (Å²) in [5.41, 5.74) is 1.01. The third kappa shape index (κ3) is 4.40. The van der Waals surface area contributed by atoms with Crippen LogP contribution < -0.4 is 5.32 Å². The van der Waals surface area contributed by atoms with Crippen LogP contribution in [-0.4, -0.2) is 37.0 Å². The Labute approximate surface area is 151 Å². The van der Waals surface area contributed by atoms with Crippen LogP contribution >= 0.6 is 22.9 Å². The number of amides is 1. The molecule has 2 heterocycles. The van der Waals surface area contributed by atoms with Gasteiger partial charge in [-0.2, -0.15) is 0 Å². The maximum atomic E-state index is 12.0. The van der Waals surface area contributed by atoms with E-state index in [1.165, 1.54) is 17.5 Å². The summed E-state index contributed by atoms with van der Waals surface area (Å²) in [5, 5.41) is 20.1. The summed E-state index contributed by atoms with van der Waals surface area (Å²) in [6, 6.07) is 7.34. The second-order valence-electron chi connectivity index (χ2n) is 5.02. The minimum absolute atomic E-state index is 0.0590. The minimum atomic E-state index is -1.06. The van der Waals surface area contributed by atoms with Gasteiger partial charge in [-0.3, -0.25) is 9.59 Å². The molecular weight excluding hydrogens is 366 g/mol. The second kappa shape index (κ2) is 7.41. The summed E-state index contributed by atoms with van der Waals surface area (Å²) in [5.74, 6) is -1.49.